The fourth-order valence-corrected chi connectivity index (χ4v) is 2.93. The lowest BCUT2D eigenvalue weighted by Gasteiger charge is -2.17. The van der Waals surface area contributed by atoms with Gasteiger partial charge in [-0.1, -0.05) is 24.3 Å². The van der Waals surface area contributed by atoms with Crippen molar-refractivity contribution >= 4 is 17.6 Å². The molecule has 0 heterocycles. The highest BCUT2D eigenvalue weighted by molar-refractivity contribution is 6.03. The van der Waals surface area contributed by atoms with E-state index in [0.29, 0.717) is 17.9 Å². The van der Waals surface area contributed by atoms with Gasteiger partial charge >= 0.3 is 5.97 Å². The van der Waals surface area contributed by atoms with Gasteiger partial charge in [0.1, 0.15) is 5.75 Å². The SMILES string of the molecule is CCOC(=O)c1ccc(OCC(=O)N/N=C2\CCCc3ccccc32)cc1. The topological polar surface area (TPSA) is 77.0 Å². The van der Waals surface area contributed by atoms with Crippen LogP contribution in [-0.2, 0) is 16.0 Å². The van der Waals surface area contributed by atoms with Gasteiger partial charge in [-0.25, -0.2) is 10.2 Å². The molecule has 1 aliphatic carbocycles. The molecule has 3 rings (SSSR count). The Bertz CT molecular complexity index is 844. The van der Waals surface area contributed by atoms with Gasteiger partial charge in [0.2, 0.25) is 0 Å². The van der Waals surface area contributed by atoms with Gasteiger partial charge in [0.05, 0.1) is 17.9 Å². The summed E-state index contributed by atoms with van der Waals surface area (Å²) in [7, 11) is 0. The van der Waals surface area contributed by atoms with Gasteiger partial charge in [-0.15, -0.1) is 0 Å². The molecular formula is C21H22N2O4. The Morgan fingerprint density at radius 1 is 1.07 bits per heavy atom. The van der Waals surface area contributed by atoms with E-state index >= 15 is 0 Å². The lowest BCUT2D eigenvalue weighted by molar-refractivity contribution is -0.123. The molecule has 6 heteroatoms. The zero-order chi connectivity index (χ0) is 19.1. The Balaban J connectivity index is 1.53. The summed E-state index contributed by atoms with van der Waals surface area (Å²) in [6.45, 7) is 1.92. The van der Waals surface area contributed by atoms with Crippen LogP contribution in [0.4, 0.5) is 0 Å². The zero-order valence-electron chi connectivity index (χ0n) is 15.2. The molecular weight excluding hydrogens is 344 g/mol. The van der Waals surface area contributed by atoms with Gasteiger partial charge in [-0.05, 0) is 56.0 Å². The number of aryl methyl sites for hydroxylation is 1. The van der Waals surface area contributed by atoms with E-state index in [4.69, 9.17) is 9.47 Å². The monoisotopic (exact) mass is 366 g/mol. The molecule has 0 radical (unpaired) electrons. The number of fused-ring (bicyclic) bond motifs is 1. The highest BCUT2D eigenvalue weighted by atomic mass is 16.5. The normalized spacial score (nSPS) is 14.3. The molecule has 0 atom stereocenters. The Kier molecular flexibility index (Phi) is 6.20. The van der Waals surface area contributed by atoms with E-state index in [-0.39, 0.29) is 18.5 Å². The second-order valence-corrected chi connectivity index (χ2v) is 6.14. The molecule has 0 saturated carbocycles. The van der Waals surface area contributed by atoms with Crippen molar-refractivity contribution in [2.45, 2.75) is 26.2 Å². The largest absolute Gasteiger partial charge is 0.484 e. The fourth-order valence-electron chi connectivity index (χ4n) is 2.93. The maximum Gasteiger partial charge on any atom is 0.338 e. The summed E-state index contributed by atoms with van der Waals surface area (Å²) in [5.41, 5.74) is 6.25. The molecule has 0 saturated heterocycles. The molecule has 0 unspecified atom stereocenters. The molecule has 0 bridgehead atoms. The number of hydrazone groups is 1. The number of hydrogen-bond donors (Lipinski definition) is 1. The Morgan fingerprint density at radius 3 is 2.63 bits per heavy atom. The maximum absolute atomic E-state index is 12.0. The minimum absolute atomic E-state index is 0.156. The second kappa shape index (κ2) is 8.98. The van der Waals surface area contributed by atoms with Crippen LogP contribution in [0, 0.1) is 0 Å². The van der Waals surface area contributed by atoms with E-state index in [2.05, 4.69) is 16.6 Å². The van der Waals surface area contributed by atoms with E-state index in [1.807, 2.05) is 18.2 Å². The van der Waals surface area contributed by atoms with Crippen molar-refractivity contribution in [1.29, 1.82) is 0 Å². The average molecular weight is 366 g/mol. The number of hydrogen-bond acceptors (Lipinski definition) is 5. The lowest BCUT2D eigenvalue weighted by Crippen LogP contribution is -2.27. The second-order valence-electron chi connectivity index (χ2n) is 6.14. The number of benzene rings is 2. The first-order chi connectivity index (χ1) is 13.2. The first kappa shape index (κ1) is 18.6. The molecule has 0 spiro atoms. The molecule has 1 amide bonds. The van der Waals surface area contributed by atoms with Gasteiger partial charge in [0.15, 0.2) is 6.61 Å². The van der Waals surface area contributed by atoms with Crippen LogP contribution in [-0.4, -0.2) is 30.8 Å². The Hall–Kier alpha value is -3.15. The summed E-state index contributed by atoms with van der Waals surface area (Å²) >= 11 is 0. The van der Waals surface area contributed by atoms with Crippen molar-refractivity contribution < 1.29 is 19.1 Å². The zero-order valence-corrected chi connectivity index (χ0v) is 15.2. The molecule has 6 nitrogen and oxygen atoms in total. The third-order valence-electron chi connectivity index (χ3n) is 4.24. The highest BCUT2D eigenvalue weighted by Crippen LogP contribution is 2.21. The lowest BCUT2D eigenvalue weighted by atomic mass is 9.90. The molecule has 0 aliphatic heterocycles. The molecule has 2 aromatic carbocycles. The average Bonchev–Trinajstić information content (AvgIpc) is 2.71. The molecule has 27 heavy (non-hydrogen) atoms. The summed E-state index contributed by atoms with van der Waals surface area (Å²) in [4.78, 5) is 23.6. The highest BCUT2D eigenvalue weighted by Gasteiger charge is 2.15. The summed E-state index contributed by atoms with van der Waals surface area (Å²) in [6.07, 6.45) is 2.90. The number of carbonyl (C=O) groups excluding carboxylic acids is 2. The predicted molar refractivity (Wildman–Crippen MR) is 102 cm³/mol. The number of ether oxygens (including phenoxy) is 2. The molecule has 1 N–H and O–H groups in total. The molecule has 2 aromatic rings. The molecule has 140 valence electrons. The third kappa shape index (κ3) is 4.94. The van der Waals surface area contributed by atoms with E-state index in [0.717, 1.165) is 30.5 Å². The minimum Gasteiger partial charge on any atom is -0.484 e. The van der Waals surface area contributed by atoms with Gasteiger partial charge in [0, 0.05) is 5.56 Å². The van der Waals surface area contributed by atoms with Crippen LogP contribution in [0.2, 0.25) is 0 Å². The number of rotatable bonds is 6. The number of carbonyl (C=O) groups is 2. The quantitative estimate of drug-likeness (QED) is 0.629. The van der Waals surface area contributed by atoms with Crippen molar-refractivity contribution in [3.8, 4) is 5.75 Å². The summed E-state index contributed by atoms with van der Waals surface area (Å²) < 4.78 is 10.4. The van der Waals surface area contributed by atoms with Crippen molar-refractivity contribution in [3.63, 3.8) is 0 Å². The molecule has 0 fully saturated rings. The summed E-state index contributed by atoms with van der Waals surface area (Å²) in [5, 5.41) is 4.27. The summed E-state index contributed by atoms with van der Waals surface area (Å²) in [5.74, 6) is -0.223. The van der Waals surface area contributed by atoms with E-state index in [9.17, 15) is 9.59 Å². The van der Waals surface area contributed by atoms with Crippen LogP contribution in [0.3, 0.4) is 0 Å². The van der Waals surface area contributed by atoms with Gasteiger partial charge in [-0.3, -0.25) is 4.79 Å². The number of amides is 1. The standard InChI is InChI=1S/C21H22N2O4/c1-2-26-21(25)16-10-12-17(13-11-16)27-14-20(24)23-22-19-9-5-7-15-6-3-4-8-18(15)19/h3-4,6,8,10-13H,2,5,7,9,14H2,1H3,(H,23,24)/b22-19+. The van der Waals surface area contributed by atoms with Crippen LogP contribution < -0.4 is 10.2 Å². The Morgan fingerprint density at radius 2 is 1.85 bits per heavy atom. The van der Waals surface area contributed by atoms with Crippen LogP contribution >= 0.6 is 0 Å². The Labute approximate surface area is 158 Å². The molecule has 1 aliphatic rings. The third-order valence-corrected chi connectivity index (χ3v) is 4.24. The van der Waals surface area contributed by atoms with E-state index in [1.165, 1.54) is 5.56 Å². The fraction of sp³-hybridized carbons (Fsp3) is 0.286. The first-order valence-electron chi connectivity index (χ1n) is 9.01. The maximum atomic E-state index is 12.0. The predicted octanol–water partition coefficient (Wildman–Crippen LogP) is 3.10. The van der Waals surface area contributed by atoms with Crippen LogP contribution in [0.25, 0.3) is 0 Å². The number of nitrogens with zero attached hydrogens (tertiary/aromatic N) is 1. The smallest absolute Gasteiger partial charge is 0.338 e. The van der Waals surface area contributed by atoms with E-state index in [1.54, 1.807) is 31.2 Å². The number of nitrogens with one attached hydrogen (secondary N) is 1. The number of esters is 1. The van der Waals surface area contributed by atoms with Gasteiger partial charge in [-0.2, -0.15) is 5.10 Å². The van der Waals surface area contributed by atoms with Crippen molar-refractivity contribution in [2.24, 2.45) is 5.10 Å². The van der Waals surface area contributed by atoms with Gasteiger partial charge < -0.3 is 9.47 Å². The van der Waals surface area contributed by atoms with Crippen molar-refractivity contribution in [1.82, 2.24) is 5.43 Å². The van der Waals surface area contributed by atoms with Crippen LogP contribution in [0.15, 0.2) is 53.6 Å². The van der Waals surface area contributed by atoms with Crippen LogP contribution in [0.1, 0.15) is 41.3 Å². The van der Waals surface area contributed by atoms with Gasteiger partial charge in [0.25, 0.3) is 5.91 Å². The van der Waals surface area contributed by atoms with Crippen molar-refractivity contribution in [2.75, 3.05) is 13.2 Å². The van der Waals surface area contributed by atoms with Crippen LogP contribution in [0.5, 0.6) is 5.75 Å². The first-order valence-corrected chi connectivity index (χ1v) is 9.01. The van der Waals surface area contributed by atoms with Crippen molar-refractivity contribution in [3.05, 3.63) is 65.2 Å². The van der Waals surface area contributed by atoms with E-state index < -0.39 is 0 Å². The molecule has 0 aromatic heterocycles. The minimum atomic E-state index is -0.384. The summed E-state index contributed by atoms with van der Waals surface area (Å²) in [6, 6.07) is 14.6.